The van der Waals surface area contributed by atoms with E-state index in [-0.39, 0.29) is 11.4 Å². The van der Waals surface area contributed by atoms with E-state index in [1.54, 1.807) is 6.07 Å². The highest BCUT2D eigenvalue weighted by Gasteiger charge is 2.39. The summed E-state index contributed by atoms with van der Waals surface area (Å²) in [6, 6.07) is 9.52. The maximum atomic E-state index is 12.5. The Balaban J connectivity index is 1.94. The Morgan fingerprint density at radius 3 is 2.71 bits per heavy atom. The van der Waals surface area contributed by atoms with Crippen molar-refractivity contribution in [2.24, 2.45) is 11.8 Å². The molecular weight excluding hydrogens is 264 g/mol. The van der Waals surface area contributed by atoms with Crippen molar-refractivity contribution in [1.82, 2.24) is 10.3 Å². The fourth-order valence-corrected chi connectivity index (χ4v) is 2.69. The van der Waals surface area contributed by atoms with Gasteiger partial charge in [-0.3, -0.25) is 4.79 Å². The number of anilines is 1. The van der Waals surface area contributed by atoms with Crippen molar-refractivity contribution in [2.45, 2.75) is 32.2 Å². The summed E-state index contributed by atoms with van der Waals surface area (Å²) in [4.78, 5) is 16.8. The molecule has 0 bridgehead atoms. The minimum absolute atomic E-state index is 0.158. The Kier molecular flexibility index (Phi) is 3.29. The van der Waals surface area contributed by atoms with Crippen LogP contribution in [0.25, 0.3) is 10.8 Å². The number of aromatic nitrogens is 1. The summed E-state index contributed by atoms with van der Waals surface area (Å²) in [6.07, 6.45) is 2.35. The first kappa shape index (κ1) is 13.8. The molecule has 1 aliphatic carbocycles. The maximum Gasteiger partial charge on any atom is 0.270 e. The summed E-state index contributed by atoms with van der Waals surface area (Å²) in [5.41, 5.74) is 2.76. The molecule has 0 saturated heterocycles. The molecule has 0 aliphatic heterocycles. The summed E-state index contributed by atoms with van der Waals surface area (Å²) in [5.74, 6) is 6.45. The molecule has 3 rings (SSSR count). The summed E-state index contributed by atoms with van der Waals surface area (Å²) in [5, 5.41) is 4.92. The van der Waals surface area contributed by atoms with Gasteiger partial charge in [-0.1, -0.05) is 24.3 Å². The van der Waals surface area contributed by atoms with Crippen LogP contribution in [-0.4, -0.2) is 16.4 Å². The lowest BCUT2D eigenvalue weighted by Crippen LogP contribution is -2.45. The number of rotatable bonds is 4. The van der Waals surface area contributed by atoms with Gasteiger partial charge in [0.1, 0.15) is 11.5 Å². The van der Waals surface area contributed by atoms with E-state index in [0.29, 0.717) is 17.4 Å². The number of hydrogen-bond donors (Lipinski definition) is 3. The van der Waals surface area contributed by atoms with Crippen LogP contribution in [0.1, 0.15) is 37.2 Å². The Labute approximate surface area is 123 Å². The first-order valence-electron chi connectivity index (χ1n) is 7.20. The van der Waals surface area contributed by atoms with Gasteiger partial charge in [0, 0.05) is 10.9 Å². The molecule has 1 saturated carbocycles. The average molecular weight is 284 g/mol. The number of fused-ring (bicyclic) bond motifs is 1. The largest absolute Gasteiger partial charge is 0.346 e. The molecule has 1 amide bonds. The minimum atomic E-state index is -0.194. The fourth-order valence-electron chi connectivity index (χ4n) is 2.69. The van der Waals surface area contributed by atoms with E-state index >= 15 is 0 Å². The van der Waals surface area contributed by atoms with Gasteiger partial charge >= 0.3 is 0 Å². The third-order valence-corrected chi connectivity index (χ3v) is 4.14. The van der Waals surface area contributed by atoms with Crippen LogP contribution >= 0.6 is 0 Å². The molecule has 2 aromatic rings. The van der Waals surface area contributed by atoms with Gasteiger partial charge in [0.15, 0.2) is 0 Å². The van der Waals surface area contributed by atoms with Crippen LogP contribution in [0.3, 0.4) is 0 Å². The van der Waals surface area contributed by atoms with Crippen molar-refractivity contribution in [3.05, 3.63) is 36.0 Å². The molecule has 1 heterocycles. The number of nitrogens with zero attached hydrogens (tertiary/aromatic N) is 1. The van der Waals surface area contributed by atoms with Gasteiger partial charge < -0.3 is 10.7 Å². The second kappa shape index (κ2) is 5.00. The van der Waals surface area contributed by atoms with Gasteiger partial charge in [-0.15, -0.1) is 0 Å². The van der Waals surface area contributed by atoms with Crippen LogP contribution in [0.15, 0.2) is 30.3 Å². The van der Waals surface area contributed by atoms with Crippen molar-refractivity contribution < 1.29 is 4.79 Å². The second-order valence-electron chi connectivity index (χ2n) is 6.17. The predicted molar refractivity (Wildman–Crippen MR) is 83.8 cm³/mol. The SMILES string of the molecule is CC(C)(NC(=O)c1cc2ccccc2c(NN)n1)C1CC1. The van der Waals surface area contributed by atoms with Gasteiger partial charge in [0.2, 0.25) is 0 Å². The number of carbonyl (C=O) groups excluding carboxylic acids is 1. The quantitative estimate of drug-likeness (QED) is 0.595. The van der Waals surface area contributed by atoms with Crippen molar-refractivity contribution >= 4 is 22.5 Å². The molecule has 0 radical (unpaired) electrons. The topological polar surface area (TPSA) is 80.0 Å². The molecule has 5 heteroatoms. The second-order valence-corrected chi connectivity index (χ2v) is 6.17. The summed E-state index contributed by atoms with van der Waals surface area (Å²) < 4.78 is 0. The van der Waals surface area contributed by atoms with Gasteiger partial charge in [0.25, 0.3) is 5.91 Å². The molecule has 0 spiro atoms. The van der Waals surface area contributed by atoms with E-state index in [1.807, 2.05) is 24.3 Å². The fraction of sp³-hybridized carbons (Fsp3) is 0.375. The Morgan fingerprint density at radius 2 is 2.05 bits per heavy atom. The number of amides is 1. The molecule has 4 N–H and O–H groups in total. The average Bonchev–Trinajstić information content (AvgIpc) is 3.30. The molecule has 21 heavy (non-hydrogen) atoms. The predicted octanol–water partition coefficient (Wildman–Crippen LogP) is 2.44. The Hall–Kier alpha value is -2.14. The van der Waals surface area contributed by atoms with Crippen molar-refractivity contribution in [3.63, 3.8) is 0 Å². The Morgan fingerprint density at radius 1 is 1.33 bits per heavy atom. The first-order chi connectivity index (χ1) is 10.0. The number of nitrogen functional groups attached to an aromatic ring is 1. The third-order valence-electron chi connectivity index (χ3n) is 4.14. The van der Waals surface area contributed by atoms with Crippen molar-refractivity contribution in [3.8, 4) is 0 Å². The van der Waals surface area contributed by atoms with E-state index < -0.39 is 0 Å². The summed E-state index contributed by atoms with van der Waals surface area (Å²) in [7, 11) is 0. The maximum absolute atomic E-state index is 12.5. The molecule has 1 aromatic heterocycles. The van der Waals surface area contributed by atoms with Crippen molar-refractivity contribution in [1.29, 1.82) is 0 Å². The zero-order valence-electron chi connectivity index (χ0n) is 12.3. The molecule has 0 unspecified atom stereocenters. The van der Waals surface area contributed by atoms with Gasteiger partial charge in [-0.05, 0) is 44.1 Å². The van der Waals surface area contributed by atoms with Gasteiger partial charge in [-0.2, -0.15) is 0 Å². The molecule has 0 atom stereocenters. The molecular formula is C16H20N4O. The number of benzene rings is 1. The highest BCUT2D eigenvalue weighted by atomic mass is 16.2. The van der Waals surface area contributed by atoms with E-state index in [0.717, 1.165) is 10.8 Å². The minimum Gasteiger partial charge on any atom is -0.346 e. The third kappa shape index (κ3) is 2.69. The summed E-state index contributed by atoms with van der Waals surface area (Å²) >= 11 is 0. The van der Waals surface area contributed by atoms with Crippen LogP contribution in [0, 0.1) is 5.92 Å². The van der Waals surface area contributed by atoms with Crippen LogP contribution in [-0.2, 0) is 0 Å². The van der Waals surface area contributed by atoms with E-state index in [2.05, 4.69) is 29.6 Å². The van der Waals surface area contributed by atoms with E-state index in [9.17, 15) is 4.79 Å². The number of nitrogens with one attached hydrogen (secondary N) is 2. The smallest absolute Gasteiger partial charge is 0.270 e. The number of nitrogens with two attached hydrogens (primary N) is 1. The lowest BCUT2D eigenvalue weighted by atomic mass is 9.98. The molecule has 1 aromatic carbocycles. The lowest BCUT2D eigenvalue weighted by Gasteiger charge is -2.26. The number of pyridine rings is 1. The van der Waals surface area contributed by atoms with Gasteiger partial charge in [0.05, 0.1) is 0 Å². The van der Waals surface area contributed by atoms with E-state index in [1.165, 1.54) is 12.8 Å². The molecule has 1 fully saturated rings. The Bertz CT molecular complexity index is 692. The van der Waals surface area contributed by atoms with Crippen LogP contribution in [0.2, 0.25) is 0 Å². The molecule has 5 nitrogen and oxygen atoms in total. The van der Waals surface area contributed by atoms with Crippen molar-refractivity contribution in [2.75, 3.05) is 5.43 Å². The zero-order valence-corrected chi connectivity index (χ0v) is 12.3. The monoisotopic (exact) mass is 284 g/mol. The lowest BCUT2D eigenvalue weighted by molar-refractivity contribution is 0.0898. The van der Waals surface area contributed by atoms with Crippen LogP contribution < -0.4 is 16.6 Å². The number of hydrazine groups is 1. The highest BCUT2D eigenvalue weighted by molar-refractivity contribution is 6.00. The zero-order chi connectivity index (χ0) is 15.0. The molecule has 1 aliphatic rings. The molecule has 110 valence electrons. The standard InChI is InChI=1S/C16H20N4O/c1-16(2,11-7-8-11)19-15(21)13-9-10-5-3-4-6-12(10)14(18-13)20-17/h3-6,9,11H,7-8,17H2,1-2H3,(H,18,20)(H,19,21). The van der Waals surface area contributed by atoms with Gasteiger partial charge in [-0.25, -0.2) is 10.8 Å². The number of hydrogen-bond acceptors (Lipinski definition) is 4. The normalized spacial score (nSPS) is 15.0. The number of carbonyl (C=O) groups is 1. The highest BCUT2D eigenvalue weighted by Crippen LogP contribution is 2.39. The first-order valence-corrected chi connectivity index (χ1v) is 7.20. The summed E-state index contributed by atoms with van der Waals surface area (Å²) in [6.45, 7) is 4.12. The van der Waals surface area contributed by atoms with Crippen LogP contribution in [0.5, 0.6) is 0 Å². The van der Waals surface area contributed by atoms with Crippen LogP contribution in [0.4, 0.5) is 5.82 Å². The van der Waals surface area contributed by atoms with E-state index in [4.69, 9.17) is 5.84 Å².